The van der Waals surface area contributed by atoms with Crippen LogP contribution in [0.3, 0.4) is 0 Å². The number of nitrogens with zero attached hydrogens (tertiary/aromatic N) is 3. The van der Waals surface area contributed by atoms with Crippen LogP contribution < -0.4 is 10.0 Å². The third-order valence-electron chi connectivity index (χ3n) is 2.62. The lowest BCUT2D eigenvalue weighted by atomic mass is 10.2. The summed E-state index contributed by atoms with van der Waals surface area (Å²) >= 11 is 5.90. The SMILES string of the molecule is CS(=O)(=O)Nc1cc(C(=O)NCCn2cncn2)ccc1Cl. The molecule has 8 nitrogen and oxygen atoms in total. The van der Waals surface area contributed by atoms with Gasteiger partial charge >= 0.3 is 0 Å². The predicted molar refractivity (Wildman–Crippen MR) is 82.3 cm³/mol. The molecule has 10 heteroatoms. The molecule has 118 valence electrons. The van der Waals surface area contributed by atoms with Crippen LogP contribution in [0.5, 0.6) is 0 Å². The van der Waals surface area contributed by atoms with E-state index in [4.69, 9.17) is 11.6 Å². The van der Waals surface area contributed by atoms with E-state index in [0.29, 0.717) is 18.7 Å². The van der Waals surface area contributed by atoms with E-state index >= 15 is 0 Å². The van der Waals surface area contributed by atoms with Gasteiger partial charge in [-0.05, 0) is 18.2 Å². The Morgan fingerprint density at radius 2 is 2.18 bits per heavy atom. The smallest absolute Gasteiger partial charge is 0.251 e. The Hall–Kier alpha value is -2.13. The molecule has 0 saturated carbocycles. The second-order valence-corrected chi connectivity index (χ2v) is 6.64. The Morgan fingerprint density at radius 1 is 1.41 bits per heavy atom. The normalized spacial score (nSPS) is 11.2. The monoisotopic (exact) mass is 343 g/mol. The van der Waals surface area contributed by atoms with Crippen molar-refractivity contribution in [1.82, 2.24) is 20.1 Å². The molecule has 0 spiro atoms. The molecule has 0 aliphatic carbocycles. The summed E-state index contributed by atoms with van der Waals surface area (Å²) in [6.07, 6.45) is 3.96. The first-order chi connectivity index (χ1) is 10.3. The zero-order valence-electron chi connectivity index (χ0n) is 11.7. The highest BCUT2D eigenvalue weighted by molar-refractivity contribution is 7.92. The summed E-state index contributed by atoms with van der Waals surface area (Å²) in [5.74, 6) is -0.340. The van der Waals surface area contributed by atoms with Gasteiger partial charge in [0.25, 0.3) is 5.91 Å². The second-order valence-electron chi connectivity index (χ2n) is 4.48. The van der Waals surface area contributed by atoms with E-state index in [2.05, 4.69) is 20.1 Å². The van der Waals surface area contributed by atoms with Crippen LogP contribution in [0, 0.1) is 0 Å². The molecule has 0 aliphatic heterocycles. The van der Waals surface area contributed by atoms with Crippen LogP contribution in [0.2, 0.25) is 5.02 Å². The maximum Gasteiger partial charge on any atom is 0.251 e. The number of aromatic nitrogens is 3. The lowest BCUT2D eigenvalue weighted by Crippen LogP contribution is -2.27. The molecule has 22 heavy (non-hydrogen) atoms. The maximum atomic E-state index is 12.0. The van der Waals surface area contributed by atoms with E-state index in [0.717, 1.165) is 6.26 Å². The number of hydrogen-bond donors (Lipinski definition) is 2. The average molecular weight is 344 g/mol. The molecule has 0 unspecified atom stereocenters. The summed E-state index contributed by atoms with van der Waals surface area (Å²) in [7, 11) is -3.47. The standard InChI is InChI=1S/C12H14ClN5O3S/c1-22(20,21)17-11-6-9(2-3-10(11)13)12(19)15-4-5-18-8-14-7-16-18/h2-3,6-8,17H,4-5H2,1H3,(H,15,19). The van der Waals surface area contributed by atoms with Gasteiger partial charge in [-0.1, -0.05) is 11.6 Å². The first kappa shape index (κ1) is 16.2. The fourth-order valence-electron chi connectivity index (χ4n) is 1.68. The number of anilines is 1. The second kappa shape index (κ2) is 6.75. The van der Waals surface area contributed by atoms with Crippen molar-refractivity contribution in [1.29, 1.82) is 0 Å². The van der Waals surface area contributed by atoms with Crippen molar-refractivity contribution in [2.24, 2.45) is 0 Å². The number of halogens is 1. The summed E-state index contributed by atoms with van der Waals surface area (Å²) < 4.78 is 26.3. The number of nitrogens with one attached hydrogen (secondary N) is 2. The number of hydrogen-bond acceptors (Lipinski definition) is 5. The van der Waals surface area contributed by atoms with E-state index in [9.17, 15) is 13.2 Å². The molecular weight excluding hydrogens is 330 g/mol. The molecule has 1 aromatic heterocycles. The van der Waals surface area contributed by atoms with Gasteiger partial charge in [0.2, 0.25) is 10.0 Å². The number of sulfonamides is 1. The van der Waals surface area contributed by atoms with Gasteiger partial charge in [0.15, 0.2) is 0 Å². The lowest BCUT2D eigenvalue weighted by Gasteiger charge is -2.09. The predicted octanol–water partition coefficient (Wildman–Crippen LogP) is 0.733. The molecule has 1 heterocycles. The van der Waals surface area contributed by atoms with Crippen molar-refractivity contribution in [3.63, 3.8) is 0 Å². The Kier molecular flexibility index (Phi) is 4.99. The minimum absolute atomic E-state index is 0.160. The quantitative estimate of drug-likeness (QED) is 0.804. The molecule has 0 atom stereocenters. The van der Waals surface area contributed by atoms with E-state index in [1.165, 1.54) is 24.5 Å². The fraction of sp³-hybridized carbons (Fsp3) is 0.250. The van der Waals surface area contributed by atoms with E-state index in [1.54, 1.807) is 11.0 Å². The fourth-order valence-corrected chi connectivity index (χ4v) is 2.47. The van der Waals surface area contributed by atoms with Crippen molar-refractivity contribution in [2.75, 3.05) is 17.5 Å². The molecule has 0 aliphatic rings. The summed E-state index contributed by atoms with van der Waals surface area (Å²) in [4.78, 5) is 15.8. The van der Waals surface area contributed by atoms with E-state index < -0.39 is 10.0 Å². The third kappa shape index (κ3) is 4.71. The summed E-state index contributed by atoms with van der Waals surface area (Å²) in [5.41, 5.74) is 0.460. The highest BCUT2D eigenvalue weighted by Crippen LogP contribution is 2.23. The number of amides is 1. The molecule has 2 N–H and O–H groups in total. The third-order valence-corrected chi connectivity index (χ3v) is 3.54. The summed E-state index contributed by atoms with van der Waals surface area (Å²) in [6, 6.07) is 4.36. The van der Waals surface area contributed by atoms with Gasteiger partial charge in [-0.25, -0.2) is 13.4 Å². The van der Waals surface area contributed by atoms with Gasteiger partial charge < -0.3 is 5.32 Å². The van der Waals surface area contributed by atoms with Crippen molar-refractivity contribution < 1.29 is 13.2 Å². The van der Waals surface area contributed by atoms with Gasteiger partial charge in [-0.2, -0.15) is 5.10 Å². The number of rotatable bonds is 6. The molecule has 0 radical (unpaired) electrons. The van der Waals surface area contributed by atoms with Crippen LogP contribution >= 0.6 is 11.6 Å². The molecular formula is C12H14ClN5O3S. The molecule has 0 bridgehead atoms. The van der Waals surface area contributed by atoms with Gasteiger partial charge in [0, 0.05) is 12.1 Å². The zero-order valence-corrected chi connectivity index (χ0v) is 13.2. The van der Waals surface area contributed by atoms with E-state index in [1.807, 2.05) is 0 Å². The minimum Gasteiger partial charge on any atom is -0.350 e. The topological polar surface area (TPSA) is 106 Å². The van der Waals surface area contributed by atoms with Crippen LogP contribution in [-0.2, 0) is 16.6 Å². The number of carbonyl (C=O) groups is 1. The van der Waals surface area contributed by atoms with Gasteiger partial charge in [-0.15, -0.1) is 0 Å². The molecule has 0 fully saturated rings. The van der Waals surface area contributed by atoms with Crippen LogP contribution in [0.1, 0.15) is 10.4 Å². The summed E-state index contributed by atoms with van der Waals surface area (Å²) in [5, 5.41) is 6.82. The first-order valence-electron chi connectivity index (χ1n) is 6.23. The highest BCUT2D eigenvalue weighted by atomic mass is 35.5. The molecule has 1 aromatic carbocycles. The lowest BCUT2D eigenvalue weighted by molar-refractivity contribution is 0.0952. The Morgan fingerprint density at radius 3 is 2.82 bits per heavy atom. The van der Waals surface area contributed by atoms with Crippen molar-refractivity contribution in [3.8, 4) is 0 Å². The molecule has 2 rings (SSSR count). The van der Waals surface area contributed by atoms with Crippen LogP contribution in [0.25, 0.3) is 0 Å². The van der Waals surface area contributed by atoms with Crippen molar-refractivity contribution in [3.05, 3.63) is 41.4 Å². The van der Waals surface area contributed by atoms with Gasteiger partial charge in [0.05, 0.1) is 23.5 Å². The Bertz CT molecular complexity index is 761. The van der Waals surface area contributed by atoms with Crippen molar-refractivity contribution in [2.45, 2.75) is 6.54 Å². The number of carbonyl (C=O) groups excluding carboxylic acids is 1. The largest absolute Gasteiger partial charge is 0.350 e. The van der Waals surface area contributed by atoms with Gasteiger partial charge in [-0.3, -0.25) is 14.2 Å². The minimum atomic E-state index is -3.47. The van der Waals surface area contributed by atoms with Crippen LogP contribution in [0.4, 0.5) is 5.69 Å². The van der Waals surface area contributed by atoms with Crippen LogP contribution in [0.15, 0.2) is 30.9 Å². The van der Waals surface area contributed by atoms with Crippen LogP contribution in [-0.4, -0.2) is 41.9 Å². The molecule has 1 amide bonds. The summed E-state index contributed by atoms with van der Waals surface area (Å²) in [6.45, 7) is 0.841. The van der Waals surface area contributed by atoms with Gasteiger partial charge in [0.1, 0.15) is 12.7 Å². The number of benzene rings is 1. The maximum absolute atomic E-state index is 12.0. The van der Waals surface area contributed by atoms with E-state index in [-0.39, 0.29) is 16.6 Å². The average Bonchev–Trinajstić information content (AvgIpc) is 2.93. The Labute approximate surface area is 132 Å². The first-order valence-corrected chi connectivity index (χ1v) is 8.50. The molecule has 2 aromatic rings. The Balaban J connectivity index is 2.01. The zero-order chi connectivity index (χ0) is 16.2. The van der Waals surface area contributed by atoms with Crippen molar-refractivity contribution >= 4 is 33.2 Å². The highest BCUT2D eigenvalue weighted by Gasteiger charge is 2.11. The molecule has 0 saturated heterocycles.